The minimum absolute atomic E-state index is 0.676. The molecule has 2 N–H and O–H groups in total. The molecular formula is C20H20N4O2. The Hall–Kier alpha value is -3.41. The number of nitrogens with zero attached hydrogens (tertiary/aromatic N) is 2. The zero-order valence-corrected chi connectivity index (χ0v) is 14.9. The predicted octanol–water partition coefficient (Wildman–Crippen LogP) is 4.44. The number of nitrogens with one attached hydrogen (secondary N) is 2. The SMILES string of the molecule is C/C=C(\C=N)c1cnc2ccc(Nc3cc(OC)cc(OC)c3)cc2n1. The van der Waals surface area contributed by atoms with Crippen LogP contribution in [-0.4, -0.2) is 30.4 Å². The molecule has 0 amide bonds. The van der Waals surface area contributed by atoms with E-state index in [1.165, 1.54) is 6.21 Å². The van der Waals surface area contributed by atoms with Crippen molar-refractivity contribution in [1.29, 1.82) is 5.41 Å². The highest BCUT2D eigenvalue weighted by Crippen LogP contribution is 2.29. The van der Waals surface area contributed by atoms with E-state index in [-0.39, 0.29) is 0 Å². The van der Waals surface area contributed by atoms with Crippen LogP contribution >= 0.6 is 0 Å². The molecule has 0 atom stereocenters. The van der Waals surface area contributed by atoms with E-state index in [4.69, 9.17) is 14.9 Å². The summed E-state index contributed by atoms with van der Waals surface area (Å²) in [5, 5.41) is 10.8. The molecule has 0 aliphatic heterocycles. The van der Waals surface area contributed by atoms with Crippen LogP contribution < -0.4 is 14.8 Å². The number of fused-ring (bicyclic) bond motifs is 1. The molecule has 6 nitrogen and oxygen atoms in total. The number of rotatable bonds is 6. The van der Waals surface area contributed by atoms with Crippen LogP contribution in [0.5, 0.6) is 11.5 Å². The number of allylic oxidation sites excluding steroid dienone is 2. The molecule has 0 spiro atoms. The van der Waals surface area contributed by atoms with Crippen LogP contribution in [0.25, 0.3) is 16.6 Å². The van der Waals surface area contributed by atoms with Gasteiger partial charge in [-0.2, -0.15) is 0 Å². The first-order chi connectivity index (χ1) is 12.7. The van der Waals surface area contributed by atoms with Crippen LogP contribution in [0.15, 0.2) is 48.7 Å². The maximum Gasteiger partial charge on any atom is 0.124 e. The van der Waals surface area contributed by atoms with Crippen molar-refractivity contribution < 1.29 is 9.47 Å². The summed E-state index contributed by atoms with van der Waals surface area (Å²) in [4.78, 5) is 9.04. The molecule has 6 heteroatoms. The van der Waals surface area contributed by atoms with Crippen molar-refractivity contribution in [2.75, 3.05) is 19.5 Å². The molecular weight excluding hydrogens is 328 g/mol. The summed E-state index contributed by atoms with van der Waals surface area (Å²) in [6.07, 6.45) is 4.80. The molecule has 26 heavy (non-hydrogen) atoms. The van der Waals surface area contributed by atoms with Gasteiger partial charge < -0.3 is 20.2 Å². The molecule has 1 aromatic heterocycles. The first kappa shape index (κ1) is 17.4. The van der Waals surface area contributed by atoms with E-state index >= 15 is 0 Å². The van der Waals surface area contributed by atoms with Crippen molar-refractivity contribution in [2.24, 2.45) is 0 Å². The van der Waals surface area contributed by atoms with E-state index in [9.17, 15) is 0 Å². The first-order valence-corrected chi connectivity index (χ1v) is 8.11. The van der Waals surface area contributed by atoms with Crippen molar-refractivity contribution in [3.63, 3.8) is 0 Å². The van der Waals surface area contributed by atoms with Crippen molar-refractivity contribution in [1.82, 2.24) is 9.97 Å². The highest BCUT2D eigenvalue weighted by molar-refractivity contribution is 6.07. The maximum absolute atomic E-state index is 7.48. The average Bonchev–Trinajstić information content (AvgIpc) is 2.68. The topological polar surface area (TPSA) is 80.1 Å². The number of ether oxygens (including phenoxy) is 2. The third-order valence-electron chi connectivity index (χ3n) is 3.94. The number of anilines is 2. The second-order valence-corrected chi connectivity index (χ2v) is 5.57. The van der Waals surface area contributed by atoms with E-state index in [0.717, 1.165) is 28.0 Å². The number of benzene rings is 2. The Labute approximate surface area is 152 Å². The van der Waals surface area contributed by atoms with Crippen LogP contribution in [0, 0.1) is 5.41 Å². The van der Waals surface area contributed by atoms with Crippen LogP contribution in [0.3, 0.4) is 0 Å². The predicted molar refractivity (Wildman–Crippen MR) is 105 cm³/mol. The van der Waals surface area contributed by atoms with Crippen molar-refractivity contribution in [3.8, 4) is 11.5 Å². The fourth-order valence-corrected chi connectivity index (χ4v) is 2.58. The summed E-state index contributed by atoms with van der Waals surface area (Å²) in [5.41, 5.74) is 4.67. The minimum Gasteiger partial charge on any atom is -0.497 e. The Morgan fingerprint density at radius 2 is 1.73 bits per heavy atom. The van der Waals surface area contributed by atoms with Gasteiger partial charge in [-0.15, -0.1) is 0 Å². The molecule has 2 aromatic carbocycles. The van der Waals surface area contributed by atoms with Crippen LogP contribution in [0.4, 0.5) is 11.4 Å². The van der Waals surface area contributed by atoms with Gasteiger partial charge >= 0.3 is 0 Å². The minimum atomic E-state index is 0.676. The summed E-state index contributed by atoms with van der Waals surface area (Å²) < 4.78 is 10.6. The summed E-state index contributed by atoms with van der Waals surface area (Å²) in [6, 6.07) is 11.4. The van der Waals surface area contributed by atoms with Gasteiger partial charge in [-0.1, -0.05) is 6.08 Å². The van der Waals surface area contributed by atoms with Gasteiger partial charge in [-0.3, -0.25) is 4.98 Å². The highest BCUT2D eigenvalue weighted by atomic mass is 16.5. The van der Waals surface area contributed by atoms with E-state index in [1.807, 2.05) is 49.4 Å². The smallest absolute Gasteiger partial charge is 0.124 e. The second kappa shape index (κ2) is 7.65. The third-order valence-corrected chi connectivity index (χ3v) is 3.94. The largest absolute Gasteiger partial charge is 0.497 e. The highest BCUT2D eigenvalue weighted by Gasteiger charge is 2.06. The summed E-state index contributed by atoms with van der Waals surface area (Å²) in [5.74, 6) is 1.41. The molecule has 3 aromatic rings. The van der Waals surface area contributed by atoms with Crippen molar-refractivity contribution in [3.05, 3.63) is 54.4 Å². The number of methoxy groups -OCH3 is 2. The lowest BCUT2D eigenvalue weighted by molar-refractivity contribution is 0.395. The summed E-state index contributed by atoms with van der Waals surface area (Å²) >= 11 is 0. The molecule has 0 saturated heterocycles. The number of hydrogen-bond donors (Lipinski definition) is 2. The van der Waals surface area contributed by atoms with E-state index < -0.39 is 0 Å². The molecule has 0 bridgehead atoms. The molecule has 0 radical (unpaired) electrons. The fourth-order valence-electron chi connectivity index (χ4n) is 2.58. The molecule has 0 saturated carbocycles. The van der Waals surface area contributed by atoms with E-state index in [2.05, 4.69) is 15.3 Å². The van der Waals surface area contributed by atoms with Crippen LogP contribution in [0.2, 0.25) is 0 Å². The third kappa shape index (κ3) is 3.64. The molecule has 132 valence electrons. The Balaban J connectivity index is 1.97. The van der Waals surface area contributed by atoms with Crippen molar-refractivity contribution >= 4 is 34.2 Å². The van der Waals surface area contributed by atoms with Gasteiger partial charge in [-0.05, 0) is 25.1 Å². The van der Waals surface area contributed by atoms with Crippen LogP contribution in [-0.2, 0) is 0 Å². The van der Waals surface area contributed by atoms with E-state index in [1.54, 1.807) is 20.4 Å². The van der Waals surface area contributed by atoms with Gasteiger partial charge in [0.1, 0.15) is 11.5 Å². The monoisotopic (exact) mass is 348 g/mol. The van der Waals surface area contributed by atoms with Crippen molar-refractivity contribution in [2.45, 2.75) is 6.92 Å². The standard InChI is InChI=1S/C20H20N4O2/c1-4-13(11-21)20-12-22-18-6-5-14(9-19(18)24-20)23-15-7-16(25-2)10-17(8-15)26-3/h4-12,21,23H,1-3H3/b13-4+,21-11?. The van der Waals surface area contributed by atoms with Crippen LogP contribution in [0.1, 0.15) is 12.6 Å². The quantitative estimate of drug-likeness (QED) is 0.644. The molecule has 0 unspecified atom stereocenters. The lowest BCUT2D eigenvalue weighted by Crippen LogP contribution is -1.96. The lowest BCUT2D eigenvalue weighted by atomic mass is 10.2. The Bertz CT molecular complexity index is 960. The molecule has 0 fully saturated rings. The van der Waals surface area contributed by atoms with Gasteiger partial charge in [0.25, 0.3) is 0 Å². The second-order valence-electron chi connectivity index (χ2n) is 5.57. The first-order valence-electron chi connectivity index (χ1n) is 8.11. The normalized spacial score (nSPS) is 11.3. The number of hydrogen-bond acceptors (Lipinski definition) is 6. The molecule has 0 aliphatic carbocycles. The summed E-state index contributed by atoms with van der Waals surface area (Å²) in [7, 11) is 3.24. The van der Waals surface area contributed by atoms with Gasteiger partial charge in [-0.25, -0.2) is 4.98 Å². The lowest BCUT2D eigenvalue weighted by Gasteiger charge is -2.11. The van der Waals surface area contributed by atoms with E-state index in [0.29, 0.717) is 17.2 Å². The van der Waals surface area contributed by atoms with Gasteiger partial charge in [0, 0.05) is 41.4 Å². The summed E-state index contributed by atoms with van der Waals surface area (Å²) in [6.45, 7) is 1.88. The Morgan fingerprint density at radius 1 is 1.00 bits per heavy atom. The Kier molecular flexibility index (Phi) is 5.12. The van der Waals surface area contributed by atoms with Gasteiger partial charge in [0.05, 0.1) is 37.1 Å². The molecule has 1 heterocycles. The maximum atomic E-state index is 7.48. The Morgan fingerprint density at radius 3 is 2.35 bits per heavy atom. The number of aromatic nitrogens is 2. The van der Waals surface area contributed by atoms with Gasteiger partial charge in [0.15, 0.2) is 0 Å². The fraction of sp³-hybridized carbons (Fsp3) is 0.150. The zero-order valence-electron chi connectivity index (χ0n) is 14.9. The molecule has 0 aliphatic rings. The zero-order chi connectivity index (χ0) is 18.5. The van der Waals surface area contributed by atoms with Gasteiger partial charge in [0.2, 0.25) is 0 Å². The molecule has 3 rings (SSSR count). The average molecular weight is 348 g/mol.